The van der Waals surface area contributed by atoms with Crippen molar-refractivity contribution in [2.45, 2.75) is 57.8 Å². The molecule has 0 heterocycles. The molecule has 0 spiro atoms. The summed E-state index contributed by atoms with van der Waals surface area (Å²) in [6.07, 6.45) is 16.9. The van der Waals surface area contributed by atoms with Gasteiger partial charge in [-0.05, 0) is 86.9 Å². The SMILES string of the molecule is [CH]1C2CCC1(C13CCC(CC1)C3)CC2. The van der Waals surface area contributed by atoms with Gasteiger partial charge in [-0.25, -0.2) is 0 Å². The Hall–Kier alpha value is 0. The lowest BCUT2D eigenvalue weighted by Gasteiger charge is -2.44. The van der Waals surface area contributed by atoms with Crippen LogP contribution in [-0.4, -0.2) is 0 Å². The molecule has 0 heteroatoms. The Balaban J connectivity index is 1.73. The van der Waals surface area contributed by atoms with Gasteiger partial charge in [-0.2, -0.15) is 0 Å². The minimum atomic E-state index is 0.753. The summed E-state index contributed by atoms with van der Waals surface area (Å²) >= 11 is 0. The van der Waals surface area contributed by atoms with Gasteiger partial charge in [0.15, 0.2) is 0 Å². The fourth-order valence-electron chi connectivity index (χ4n) is 5.54. The van der Waals surface area contributed by atoms with Crippen LogP contribution in [0.5, 0.6) is 0 Å². The summed E-state index contributed by atoms with van der Waals surface area (Å²) in [6.45, 7) is 0. The van der Waals surface area contributed by atoms with Crippen molar-refractivity contribution in [3.05, 3.63) is 6.42 Å². The molecule has 4 rings (SSSR count). The minimum absolute atomic E-state index is 0.753. The molecule has 0 aromatic rings. The summed E-state index contributed by atoms with van der Waals surface area (Å²) in [7, 11) is 0. The molecule has 4 saturated carbocycles. The summed E-state index contributed by atoms with van der Waals surface area (Å²) in [5, 5.41) is 0. The highest BCUT2D eigenvalue weighted by atomic mass is 14.7. The van der Waals surface area contributed by atoms with Gasteiger partial charge in [0, 0.05) is 0 Å². The second kappa shape index (κ2) is 2.39. The molecule has 0 aromatic heterocycles. The van der Waals surface area contributed by atoms with Gasteiger partial charge in [-0.15, -0.1) is 0 Å². The Morgan fingerprint density at radius 3 is 2.00 bits per heavy atom. The van der Waals surface area contributed by atoms with Gasteiger partial charge in [-0.1, -0.05) is 0 Å². The maximum absolute atomic E-state index is 2.82. The van der Waals surface area contributed by atoms with Gasteiger partial charge in [0.25, 0.3) is 0 Å². The van der Waals surface area contributed by atoms with E-state index in [1.807, 2.05) is 0 Å². The zero-order valence-corrected chi connectivity index (χ0v) is 9.10. The first-order chi connectivity index (χ1) is 6.82. The molecule has 0 amide bonds. The van der Waals surface area contributed by atoms with Crippen LogP contribution in [0.25, 0.3) is 0 Å². The summed E-state index contributed by atoms with van der Waals surface area (Å²) in [5.74, 6) is 2.17. The molecular formula is C14H21. The lowest BCUT2D eigenvalue weighted by Crippen LogP contribution is -2.36. The quantitative estimate of drug-likeness (QED) is 0.585. The first-order valence-corrected chi connectivity index (χ1v) is 6.68. The molecule has 0 saturated heterocycles. The molecule has 0 aliphatic heterocycles. The highest BCUT2D eigenvalue weighted by Crippen LogP contribution is 2.71. The first kappa shape index (κ1) is 8.19. The number of rotatable bonds is 1. The van der Waals surface area contributed by atoms with E-state index in [0.29, 0.717) is 0 Å². The maximum atomic E-state index is 2.82. The topological polar surface area (TPSA) is 0 Å². The maximum Gasteiger partial charge on any atom is -0.0207 e. The van der Waals surface area contributed by atoms with Crippen molar-refractivity contribution in [3.63, 3.8) is 0 Å². The zero-order valence-electron chi connectivity index (χ0n) is 9.10. The van der Waals surface area contributed by atoms with Crippen molar-refractivity contribution in [3.8, 4) is 0 Å². The predicted molar refractivity (Wildman–Crippen MR) is 57.7 cm³/mol. The lowest BCUT2D eigenvalue weighted by molar-refractivity contribution is 0.0748. The largest absolute Gasteiger partial charge is 0.0499 e. The van der Waals surface area contributed by atoms with Crippen molar-refractivity contribution in [2.24, 2.45) is 22.7 Å². The Bertz CT molecular complexity index is 221. The predicted octanol–water partition coefficient (Wildman–Crippen LogP) is 3.96. The van der Waals surface area contributed by atoms with E-state index < -0.39 is 0 Å². The van der Waals surface area contributed by atoms with Gasteiger partial charge >= 0.3 is 0 Å². The molecule has 77 valence electrons. The van der Waals surface area contributed by atoms with Crippen LogP contribution in [0.2, 0.25) is 0 Å². The monoisotopic (exact) mass is 189 g/mol. The molecule has 0 N–H and O–H groups in total. The highest BCUT2D eigenvalue weighted by Gasteiger charge is 2.61. The third kappa shape index (κ3) is 0.785. The number of hydrogen-bond donors (Lipinski definition) is 0. The molecule has 1 radical (unpaired) electrons. The van der Waals surface area contributed by atoms with Crippen LogP contribution in [0.3, 0.4) is 0 Å². The van der Waals surface area contributed by atoms with E-state index in [9.17, 15) is 0 Å². The van der Waals surface area contributed by atoms with E-state index in [1.54, 1.807) is 44.9 Å². The minimum Gasteiger partial charge on any atom is -0.0499 e. The average Bonchev–Trinajstić information content (AvgIpc) is 2.98. The van der Waals surface area contributed by atoms with Gasteiger partial charge in [0.1, 0.15) is 0 Å². The zero-order chi connectivity index (χ0) is 9.23. The van der Waals surface area contributed by atoms with Crippen LogP contribution in [0.15, 0.2) is 0 Å². The molecular weight excluding hydrogens is 168 g/mol. The molecule has 4 bridgehead atoms. The van der Waals surface area contributed by atoms with Gasteiger partial charge in [-0.3, -0.25) is 0 Å². The fourth-order valence-corrected chi connectivity index (χ4v) is 5.54. The summed E-state index contributed by atoms with van der Waals surface area (Å²) < 4.78 is 0. The van der Waals surface area contributed by atoms with Crippen molar-refractivity contribution in [2.75, 3.05) is 0 Å². The molecule has 0 atom stereocenters. The van der Waals surface area contributed by atoms with E-state index in [-0.39, 0.29) is 0 Å². The molecule has 0 unspecified atom stereocenters. The fraction of sp³-hybridized carbons (Fsp3) is 0.929. The third-order valence-electron chi connectivity index (χ3n) is 6.28. The molecule has 0 nitrogen and oxygen atoms in total. The summed E-state index contributed by atoms with van der Waals surface area (Å²) in [6, 6.07) is 0. The van der Waals surface area contributed by atoms with Crippen molar-refractivity contribution >= 4 is 0 Å². The highest BCUT2D eigenvalue weighted by molar-refractivity contribution is 5.19. The molecule has 4 fully saturated rings. The normalized spacial score (nSPS) is 60.0. The number of hydrogen-bond acceptors (Lipinski definition) is 0. The summed E-state index contributed by atoms with van der Waals surface area (Å²) in [4.78, 5) is 0. The standard InChI is InChI=1S/C14H21/c1-5-13(6-2-11(1)9-13)14-7-3-12(10-14)4-8-14/h9,11-12H,1-8,10H2. The average molecular weight is 189 g/mol. The summed E-state index contributed by atoms with van der Waals surface area (Å²) in [5.41, 5.74) is 1.58. The Morgan fingerprint density at radius 1 is 0.857 bits per heavy atom. The van der Waals surface area contributed by atoms with Crippen LogP contribution < -0.4 is 0 Å². The van der Waals surface area contributed by atoms with Crippen LogP contribution in [0.4, 0.5) is 0 Å². The van der Waals surface area contributed by atoms with Crippen molar-refractivity contribution < 1.29 is 0 Å². The van der Waals surface area contributed by atoms with E-state index >= 15 is 0 Å². The van der Waals surface area contributed by atoms with E-state index in [1.165, 1.54) is 12.8 Å². The smallest absolute Gasteiger partial charge is 0.0207 e. The molecule has 14 heavy (non-hydrogen) atoms. The third-order valence-corrected chi connectivity index (χ3v) is 6.28. The Labute approximate surface area is 87.5 Å². The van der Waals surface area contributed by atoms with Crippen molar-refractivity contribution in [1.29, 1.82) is 0 Å². The van der Waals surface area contributed by atoms with Crippen molar-refractivity contribution in [1.82, 2.24) is 0 Å². The van der Waals surface area contributed by atoms with Crippen LogP contribution in [0.1, 0.15) is 57.8 Å². The van der Waals surface area contributed by atoms with E-state index in [0.717, 1.165) is 22.7 Å². The van der Waals surface area contributed by atoms with Gasteiger partial charge < -0.3 is 0 Å². The van der Waals surface area contributed by atoms with Crippen LogP contribution in [0, 0.1) is 29.1 Å². The molecule has 0 aromatic carbocycles. The van der Waals surface area contributed by atoms with E-state index in [2.05, 4.69) is 6.42 Å². The Morgan fingerprint density at radius 2 is 1.57 bits per heavy atom. The number of fused-ring (bicyclic) bond motifs is 5. The van der Waals surface area contributed by atoms with Crippen LogP contribution >= 0.6 is 0 Å². The van der Waals surface area contributed by atoms with Gasteiger partial charge in [0.05, 0.1) is 0 Å². The van der Waals surface area contributed by atoms with Crippen LogP contribution in [-0.2, 0) is 0 Å². The second-order valence-corrected chi connectivity index (χ2v) is 6.59. The molecule has 4 aliphatic rings. The molecule has 4 aliphatic carbocycles. The van der Waals surface area contributed by atoms with Gasteiger partial charge in [0.2, 0.25) is 0 Å². The Kier molecular flexibility index (Phi) is 1.40. The second-order valence-electron chi connectivity index (χ2n) is 6.59. The lowest BCUT2D eigenvalue weighted by atomic mass is 9.60. The van der Waals surface area contributed by atoms with E-state index in [4.69, 9.17) is 0 Å². The first-order valence-electron chi connectivity index (χ1n) is 6.68.